The first-order valence-electron chi connectivity index (χ1n) is 10.8. The number of sulfonamides is 1. The zero-order valence-electron chi connectivity index (χ0n) is 19.2. The number of benzene rings is 2. The van der Waals surface area contributed by atoms with E-state index in [-0.39, 0.29) is 34.7 Å². The number of carbonyl (C=O) groups is 1. The van der Waals surface area contributed by atoms with Gasteiger partial charge in [0.15, 0.2) is 0 Å². The second-order valence-electron chi connectivity index (χ2n) is 8.46. The predicted octanol–water partition coefficient (Wildman–Crippen LogP) is 4.07. The molecule has 1 heterocycles. The van der Waals surface area contributed by atoms with Crippen LogP contribution in [0.5, 0.6) is 5.75 Å². The quantitative estimate of drug-likeness (QED) is 0.476. The third-order valence-corrected chi connectivity index (χ3v) is 7.87. The van der Waals surface area contributed by atoms with Crippen molar-refractivity contribution in [2.24, 2.45) is 5.92 Å². The van der Waals surface area contributed by atoms with Crippen LogP contribution in [0, 0.1) is 23.0 Å². The topological polar surface area (TPSA) is 119 Å². The van der Waals surface area contributed by atoms with Crippen LogP contribution in [0.2, 0.25) is 0 Å². The van der Waals surface area contributed by atoms with Gasteiger partial charge in [0.05, 0.1) is 29.2 Å². The number of rotatable bonds is 7. The summed E-state index contributed by atoms with van der Waals surface area (Å²) in [6.07, 6.45) is 1.05. The third-order valence-electron chi connectivity index (χ3n) is 5.99. The minimum atomic E-state index is -3.89. The molecule has 1 aliphatic heterocycles. The number of nitrogens with zero attached hydrogens (tertiary/aromatic N) is 2. The second-order valence-corrected chi connectivity index (χ2v) is 10.4. The van der Waals surface area contributed by atoms with Gasteiger partial charge in [-0.05, 0) is 49.4 Å². The highest BCUT2D eigenvalue weighted by Crippen LogP contribution is 2.33. The van der Waals surface area contributed by atoms with Crippen molar-refractivity contribution in [2.75, 3.05) is 25.5 Å². The van der Waals surface area contributed by atoms with Gasteiger partial charge in [-0.3, -0.25) is 14.9 Å². The Labute approximate surface area is 193 Å². The SMILES string of the molecule is COc1ccc(C(C)C)cc1S(=O)(=O)N1CCC[C@H](C(=O)Nc2cccc([N+](=O)[O-])c2C)C1. The van der Waals surface area contributed by atoms with Gasteiger partial charge in [-0.15, -0.1) is 0 Å². The van der Waals surface area contributed by atoms with Crippen LogP contribution in [-0.4, -0.2) is 43.8 Å². The van der Waals surface area contributed by atoms with E-state index in [2.05, 4.69) is 5.32 Å². The number of piperidine rings is 1. The number of nitro groups is 1. The molecule has 0 aromatic heterocycles. The molecule has 178 valence electrons. The highest BCUT2D eigenvalue weighted by Gasteiger charge is 2.35. The van der Waals surface area contributed by atoms with Crippen molar-refractivity contribution in [2.45, 2.75) is 44.4 Å². The van der Waals surface area contributed by atoms with Crippen LogP contribution in [0.4, 0.5) is 11.4 Å². The van der Waals surface area contributed by atoms with E-state index < -0.39 is 20.9 Å². The van der Waals surface area contributed by atoms with Gasteiger partial charge in [-0.1, -0.05) is 26.0 Å². The monoisotopic (exact) mass is 475 g/mol. The maximum atomic E-state index is 13.5. The summed E-state index contributed by atoms with van der Waals surface area (Å²) in [6, 6.07) is 9.61. The van der Waals surface area contributed by atoms with E-state index in [1.165, 1.54) is 23.5 Å². The molecule has 0 bridgehead atoms. The molecule has 9 nitrogen and oxygen atoms in total. The van der Waals surface area contributed by atoms with Gasteiger partial charge >= 0.3 is 0 Å². The Morgan fingerprint density at radius 1 is 1.27 bits per heavy atom. The molecule has 0 unspecified atom stereocenters. The van der Waals surface area contributed by atoms with Crippen LogP contribution in [0.25, 0.3) is 0 Å². The van der Waals surface area contributed by atoms with Crippen LogP contribution in [0.1, 0.15) is 43.7 Å². The van der Waals surface area contributed by atoms with Gasteiger partial charge in [-0.2, -0.15) is 4.31 Å². The molecule has 1 saturated heterocycles. The molecule has 0 radical (unpaired) electrons. The number of ether oxygens (including phenoxy) is 1. The Kier molecular flexibility index (Phi) is 7.38. The Morgan fingerprint density at radius 2 is 2.00 bits per heavy atom. The van der Waals surface area contributed by atoms with Crippen molar-refractivity contribution in [1.82, 2.24) is 4.31 Å². The predicted molar refractivity (Wildman–Crippen MR) is 125 cm³/mol. The first-order valence-corrected chi connectivity index (χ1v) is 12.2. The number of anilines is 1. The molecule has 33 heavy (non-hydrogen) atoms. The number of nitro benzene ring substituents is 1. The lowest BCUT2D eigenvalue weighted by Gasteiger charge is -2.31. The number of carbonyl (C=O) groups excluding carboxylic acids is 1. The summed E-state index contributed by atoms with van der Waals surface area (Å²) in [4.78, 5) is 23.7. The lowest BCUT2D eigenvalue weighted by Crippen LogP contribution is -2.43. The van der Waals surface area contributed by atoms with Crippen LogP contribution in [-0.2, 0) is 14.8 Å². The Balaban J connectivity index is 1.83. The summed E-state index contributed by atoms with van der Waals surface area (Å²) in [5, 5.41) is 13.9. The molecular formula is C23H29N3O6S. The first-order chi connectivity index (χ1) is 15.6. The zero-order chi connectivity index (χ0) is 24.3. The van der Waals surface area contributed by atoms with Crippen molar-refractivity contribution < 1.29 is 22.9 Å². The van der Waals surface area contributed by atoms with Gasteiger partial charge in [0, 0.05) is 19.2 Å². The number of hydrogen-bond acceptors (Lipinski definition) is 6. The van der Waals surface area contributed by atoms with E-state index in [1.54, 1.807) is 25.1 Å². The molecule has 2 aromatic carbocycles. The molecule has 0 saturated carbocycles. The number of amides is 1. The standard InChI is InChI=1S/C23H29N3O6S/c1-15(2)17-10-11-21(32-4)22(13-17)33(30,31)25-12-6-7-18(14-25)23(27)24-19-8-5-9-20(16(19)3)26(28)29/h5,8-11,13,15,18H,6-7,12,14H2,1-4H3,(H,24,27)/t18-/m0/s1. The minimum Gasteiger partial charge on any atom is -0.495 e. The fourth-order valence-corrected chi connectivity index (χ4v) is 5.67. The average Bonchev–Trinajstić information content (AvgIpc) is 2.79. The fourth-order valence-electron chi connectivity index (χ4n) is 3.96. The normalized spacial score (nSPS) is 17.1. The van der Waals surface area contributed by atoms with E-state index in [0.717, 1.165) is 5.56 Å². The third kappa shape index (κ3) is 5.17. The van der Waals surface area contributed by atoms with Gasteiger partial charge in [-0.25, -0.2) is 8.42 Å². The van der Waals surface area contributed by atoms with E-state index in [1.807, 2.05) is 19.9 Å². The van der Waals surface area contributed by atoms with Crippen LogP contribution in [0.15, 0.2) is 41.3 Å². The number of hydrogen-bond donors (Lipinski definition) is 1. The fraction of sp³-hybridized carbons (Fsp3) is 0.435. The van der Waals surface area contributed by atoms with Crippen molar-refractivity contribution in [1.29, 1.82) is 0 Å². The summed E-state index contributed by atoms with van der Waals surface area (Å²) in [5.41, 5.74) is 1.49. The largest absolute Gasteiger partial charge is 0.495 e. The summed E-state index contributed by atoms with van der Waals surface area (Å²) < 4.78 is 33.6. The maximum Gasteiger partial charge on any atom is 0.274 e. The Bertz CT molecular complexity index is 1160. The Hall–Kier alpha value is -2.98. The zero-order valence-corrected chi connectivity index (χ0v) is 20.0. The molecule has 3 rings (SSSR count). The highest BCUT2D eigenvalue weighted by molar-refractivity contribution is 7.89. The van der Waals surface area contributed by atoms with E-state index in [0.29, 0.717) is 30.6 Å². The van der Waals surface area contributed by atoms with Crippen molar-refractivity contribution >= 4 is 27.3 Å². The molecule has 10 heteroatoms. The van der Waals surface area contributed by atoms with Crippen molar-refractivity contribution in [3.8, 4) is 5.75 Å². The number of nitrogens with one attached hydrogen (secondary N) is 1. The number of methoxy groups -OCH3 is 1. The summed E-state index contributed by atoms with van der Waals surface area (Å²) in [5.74, 6) is -0.533. The molecular weight excluding hydrogens is 446 g/mol. The van der Waals surface area contributed by atoms with Gasteiger partial charge in [0.1, 0.15) is 10.6 Å². The maximum absolute atomic E-state index is 13.5. The summed E-state index contributed by atoms with van der Waals surface area (Å²) in [6.45, 7) is 5.86. The lowest BCUT2D eigenvalue weighted by atomic mass is 9.98. The molecule has 0 spiro atoms. The van der Waals surface area contributed by atoms with Gasteiger partial charge in [0.2, 0.25) is 15.9 Å². The molecule has 1 atom stereocenters. The van der Waals surface area contributed by atoms with Crippen molar-refractivity contribution in [3.63, 3.8) is 0 Å². The first kappa shape index (κ1) is 24.7. The molecule has 0 aliphatic carbocycles. The van der Waals surface area contributed by atoms with E-state index >= 15 is 0 Å². The molecule has 2 aromatic rings. The summed E-state index contributed by atoms with van der Waals surface area (Å²) >= 11 is 0. The minimum absolute atomic E-state index is 0.0250. The molecule has 1 N–H and O–H groups in total. The van der Waals surface area contributed by atoms with E-state index in [9.17, 15) is 23.3 Å². The van der Waals surface area contributed by atoms with Crippen LogP contribution in [0.3, 0.4) is 0 Å². The summed E-state index contributed by atoms with van der Waals surface area (Å²) in [7, 11) is -2.46. The highest BCUT2D eigenvalue weighted by atomic mass is 32.2. The van der Waals surface area contributed by atoms with Crippen LogP contribution < -0.4 is 10.1 Å². The molecule has 1 amide bonds. The molecule has 1 fully saturated rings. The lowest BCUT2D eigenvalue weighted by molar-refractivity contribution is -0.385. The van der Waals surface area contributed by atoms with Crippen LogP contribution >= 0.6 is 0 Å². The Morgan fingerprint density at radius 3 is 2.64 bits per heavy atom. The smallest absolute Gasteiger partial charge is 0.274 e. The molecule has 1 aliphatic rings. The van der Waals surface area contributed by atoms with E-state index in [4.69, 9.17) is 4.74 Å². The average molecular weight is 476 g/mol. The second kappa shape index (κ2) is 9.88. The van der Waals surface area contributed by atoms with Gasteiger partial charge in [0.25, 0.3) is 5.69 Å². The van der Waals surface area contributed by atoms with Crippen molar-refractivity contribution in [3.05, 3.63) is 57.6 Å². The van der Waals surface area contributed by atoms with Gasteiger partial charge < -0.3 is 10.1 Å².